The Morgan fingerprint density at radius 1 is 1.20 bits per heavy atom. The molecule has 0 aliphatic heterocycles. The SMILES string of the molecule is O=C(O)c1ccc(CNc2ncnc3ccccc23)o1. The molecule has 3 rings (SSSR count). The maximum atomic E-state index is 10.7. The van der Waals surface area contributed by atoms with Crippen molar-refractivity contribution in [1.29, 1.82) is 0 Å². The summed E-state index contributed by atoms with van der Waals surface area (Å²) in [6.45, 7) is 0.355. The third-order valence-electron chi connectivity index (χ3n) is 2.85. The maximum absolute atomic E-state index is 10.7. The van der Waals surface area contributed by atoms with Gasteiger partial charge in [-0.1, -0.05) is 12.1 Å². The molecule has 6 heteroatoms. The number of rotatable bonds is 4. The third kappa shape index (κ3) is 2.31. The Bertz CT molecular complexity index is 762. The lowest BCUT2D eigenvalue weighted by Crippen LogP contribution is -2.01. The highest BCUT2D eigenvalue weighted by atomic mass is 16.4. The summed E-state index contributed by atoms with van der Waals surface area (Å²) in [6, 6.07) is 10.7. The van der Waals surface area contributed by atoms with Gasteiger partial charge in [-0.2, -0.15) is 0 Å². The van der Waals surface area contributed by atoms with Crippen molar-refractivity contribution in [3.05, 3.63) is 54.2 Å². The number of nitrogens with zero attached hydrogens (tertiary/aromatic N) is 2. The second kappa shape index (κ2) is 5.00. The smallest absolute Gasteiger partial charge is 0.371 e. The van der Waals surface area contributed by atoms with Crippen molar-refractivity contribution in [3.8, 4) is 0 Å². The first-order chi connectivity index (χ1) is 9.74. The van der Waals surface area contributed by atoms with Gasteiger partial charge >= 0.3 is 5.97 Å². The molecule has 100 valence electrons. The molecule has 2 aromatic heterocycles. The predicted octanol–water partition coefficient (Wildman–Crippen LogP) is 2.53. The Morgan fingerprint density at radius 3 is 2.85 bits per heavy atom. The van der Waals surface area contributed by atoms with Crippen molar-refractivity contribution in [2.24, 2.45) is 0 Å². The summed E-state index contributed by atoms with van der Waals surface area (Å²) in [4.78, 5) is 19.1. The molecule has 0 aliphatic carbocycles. The zero-order valence-corrected chi connectivity index (χ0v) is 10.4. The van der Waals surface area contributed by atoms with Gasteiger partial charge in [-0.25, -0.2) is 14.8 Å². The van der Waals surface area contributed by atoms with Crippen LogP contribution in [0.5, 0.6) is 0 Å². The summed E-state index contributed by atoms with van der Waals surface area (Å²) >= 11 is 0. The average Bonchev–Trinajstić information content (AvgIpc) is 2.94. The maximum Gasteiger partial charge on any atom is 0.371 e. The molecule has 6 nitrogen and oxygen atoms in total. The standard InChI is InChI=1S/C14H11N3O3/c18-14(19)12-6-5-9(20-12)7-15-13-10-3-1-2-4-11(10)16-8-17-13/h1-6,8H,7H2,(H,18,19)(H,15,16,17). The van der Waals surface area contributed by atoms with Crippen LogP contribution in [-0.4, -0.2) is 21.0 Å². The Morgan fingerprint density at radius 2 is 2.05 bits per heavy atom. The van der Waals surface area contributed by atoms with E-state index in [-0.39, 0.29) is 5.76 Å². The average molecular weight is 269 g/mol. The van der Waals surface area contributed by atoms with Crippen LogP contribution in [0.1, 0.15) is 16.3 Å². The van der Waals surface area contributed by atoms with Gasteiger partial charge in [0.1, 0.15) is 17.9 Å². The highest BCUT2D eigenvalue weighted by Gasteiger charge is 2.09. The number of carbonyl (C=O) groups is 1. The van der Waals surface area contributed by atoms with E-state index in [1.165, 1.54) is 12.4 Å². The van der Waals surface area contributed by atoms with Crippen LogP contribution in [0, 0.1) is 0 Å². The molecule has 0 saturated heterocycles. The molecular formula is C14H11N3O3. The highest BCUT2D eigenvalue weighted by molar-refractivity contribution is 5.88. The number of hydrogen-bond donors (Lipinski definition) is 2. The number of anilines is 1. The zero-order valence-electron chi connectivity index (χ0n) is 10.4. The van der Waals surface area contributed by atoms with Crippen LogP contribution in [0.2, 0.25) is 0 Å². The van der Waals surface area contributed by atoms with Gasteiger partial charge in [0, 0.05) is 5.39 Å². The normalized spacial score (nSPS) is 10.6. The number of carboxylic acids is 1. The third-order valence-corrected chi connectivity index (χ3v) is 2.85. The predicted molar refractivity (Wildman–Crippen MR) is 72.5 cm³/mol. The van der Waals surface area contributed by atoms with Crippen LogP contribution >= 0.6 is 0 Å². The van der Waals surface area contributed by atoms with Crippen LogP contribution in [0.3, 0.4) is 0 Å². The second-order valence-electron chi connectivity index (χ2n) is 4.16. The Labute approximate surface area is 114 Å². The first-order valence-corrected chi connectivity index (χ1v) is 5.99. The van der Waals surface area contributed by atoms with Crippen LogP contribution in [-0.2, 0) is 6.54 Å². The van der Waals surface area contributed by atoms with Gasteiger partial charge in [-0.05, 0) is 24.3 Å². The van der Waals surface area contributed by atoms with E-state index in [2.05, 4.69) is 15.3 Å². The molecule has 20 heavy (non-hydrogen) atoms. The van der Waals surface area contributed by atoms with E-state index >= 15 is 0 Å². The van der Waals surface area contributed by atoms with E-state index < -0.39 is 5.97 Å². The topological polar surface area (TPSA) is 88.2 Å². The lowest BCUT2D eigenvalue weighted by atomic mass is 10.2. The molecule has 0 saturated carbocycles. The van der Waals surface area contributed by atoms with Gasteiger partial charge in [0.15, 0.2) is 0 Å². The zero-order chi connectivity index (χ0) is 13.9. The van der Waals surface area contributed by atoms with Crippen molar-refractivity contribution in [1.82, 2.24) is 9.97 Å². The van der Waals surface area contributed by atoms with Crippen LogP contribution in [0.4, 0.5) is 5.82 Å². The van der Waals surface area contributed by atoms with Crippen molar-refractivity contribution in [2.45, 2.75) is 6.54 Å². The molecule has 0 fully saturated rings. The summed E-state index contributed by atoms with van der Waals surface area (Å²) in [6.07, 6.45) is 1.48. The summed E-state index contributed by atoms with van der Waals surface area (Å²) in [5.74, 6) is 0.0621. The minimum Gasteiger partial charge on any atom is -0.475 e. The summed E-state index contributed by atoms with van der Waals surface area (Å²) < 4.78 is 5.17. The molecule has 0 radical (unpaired) electrons. The molecule has 3 aromatic rings. The van der Waals surface area contributed by atoms with Crippen molar-refractivity contribution in [3.63, 3.8) is 0 Å². The Kier molecular flexibility index (Phi) is 3.04. The Hall–Kier alpha value is -2.89. The molecular weight excluding hydrogens is 258 g/mol. The number of benzene rings is 1. The largest absolute Gasteiger partial charge is 0.475 e. The number of carboxylic acid groups (broad SMARTS) is 1. The van der Waals surface area contributed by atoms with Crippen molar-refractivity contribution < 1.29 is 14.3 Å². The van der Waals surface area contributed by atoms with Gasteiger partial charge in [0.05, 0.1) is 12.1 Å². The van der Waals surface area contributed by atoms with Crippen LogP contribution in [0.25, 0.3) is 10.9 Å². The number of hydrogen-bond acceptors (Lipinski definition) is 5. The van der Waals surface area contributed by atoms with Gasteiger partial charge in [-0.15, -0.1) is 0 Å². The molecule has 0 spiro atoms. The van der Waals surface area contributed by atoms with E-state index in [1.54, 1.807) is 6.07 Å². The first-order valence-electron chi connectivity index (χ1n) is 5.99. The number of furan rings is 1. The molecule has 2 N–H and O–H groups in total. The van der Waals surface area contributed by atoms with Crippen LogP contribution in [0.15, 0.2) is 47.1 Å². The number of para-hydroxylation sites is 1. The molecule has 0 aliphatic rings. The van der Waals surface area contributed by atoms with E-state index in [0.29, 0.717) is 18.1 Å². The fourth-order valence-corrected chi connectivity index (χ4v) is 1.90. The van der Waals surface area contributed by atoms with E-state index in [1.807, 2.05) is 24.3 Å². The molecule has 0 amide bonds. The van der Waals surface area contributed by atoms with Crippen LogP contribution < -0.4 is 5.32 Å². The van der Waals surface area contributed by atoms with Gasteiger partial charge < -0.3 is 14.8 Å². The number of aromatic carboxylic acids is 1. The van der Waals surface area contributed by atoms with Gasteiger partial charge in [0.2, 0.25) is 5.76 Å². The minimum absolute atomic E-state index is 0.0747. The van der Waals surface area contributed by atoms with Gasteiger partial charge in [-0.3, -0.25) is 0 Å². The lowest BCUT2D eigenvalue weighted by Gasteiger charge is -2.06. The molecule has 2 heterocycles. The summed E-state index contributed by atoms with van der Waals surface area (Å²) in [5.41, 5.74) is 0.843. The lowest BCUT2D eigenvalue weighted by molar-refractivity contribution is 0.0660. The monoisotopic (exact) mass is 269 g/mol. The molecule has 0 atom stereocenters. The second-order valence-corrected chi connectivity index (χ2v) is 4.16. The van der Waals surface area contributed by atoms with Gasteiger partial charge in [0.25, 0.3) is 0 Å². The highest BCUT2D eigenvalue weighted by Crippen LogP contribution is 2.19. The van der Waals surface area contributed by atoms with Crippen molar-refractivity contribution >= 4 is 22.7 Å². The molecule has 0 unspecified atom stereocenters. The number of aromatic nitrogens is 2. The van der Waals surface area contributed by atoms with E-state index in [9.17, 15) is 4.79 Å². The first kappa shape index (κ1) is 12.2. The van der Waals surface area contributed by atoms with E-state index in [0.717, 1.165) is 10.9 Å². The van der Waals surface area contributed by atoms with E-state index in [4.69, 9.17) is 9.52 Å². The fourth-order valence-electron chi connectivity index (χ4n) is 1.90. The minimum atomic E-state index is -1.08. The summed E-state index contributed by atoms with van der Waals surface area (Å²) in [5, 5.41) is 12.8. The fraction of sp³-hybridized carbons (Fsp3) is 0.0714. The quantitative estimate of drug-likeness (QED) is 0.756. The number of nitrogens with one attached hydrogen (secondary N) is 1. The molecule has 0 bridgehead atoms. The number of fused-ring (bicyclic) bond motifs is 1. The Balaban J connectivity index is 1.81. The molecule has 1 aromatic carbocycles. The van der Waals surface area contributed by atoms with Crippen molar-refractivity contribution in [2.75, 3.05) is 5.32 Å². The summed E-state index contributed by atoms with van der Waals surface area (Å²) in [7, 11) is 0.